The van der Waals surface area contributed by atoms with Crippen LogP contribution in [0.1, 0.15) is 16.7 Å². The third kappa shape index (κ3) is 2.81. The minimum atomic E-state index is -0.679. The zero-order valence-electron chi connectivity index (χ0n) is 14.5. The van der Waals surface area contributed by atoms with Crippen LogP contribution >= 0.6 is 0 Å². The highest BCUT2D eigenvalue weighted by atomic mass is 19.1. The van der Waals surface area contributed by atoms with Crippen LogP contribution in [-0.4, -0.2) is 15.6 Å². The number of halogens is 1. The predicted octanol–water partition coefficient (Wildman–Crippen LogP) is 5.10. The maximum atomic E-state index is 13.6. The second kappa shape index (κ2) is 6.34. The summed E-state index contributed by atoms with van der Waals surface area (Å²) in [6, 6.07) is 13.2. The Morgan fingerprint density at radius 3 is 2.36 bits per heavy atom. The van der Waals surface area contributed by atoms with Crippen molar-refractivity contribution in [2.45, 2.75) is 6.92 Å². The Bertz CT molecular complexity index is 1200. The zero-order valence-corrected chi connectivity index (χ0v) is 14.5. The van der Waals surface area contributed by atoms with Gasteiger partial charge in [-0.05, 0) is 36.8 Å². The number of nitro groups is 2. The number of rotatable bonds is 3. The third-order valence-electron chi connectivity index (χ3n) is 4.51. The highest BCUT2D eigenvalue weighted by molar-refractivity contribution is 6.26. The number of aliphatic imine (C=N–C) groups is 1. The summed E-state index contributed by atoms with van der Waals surface area (Å²) in [4.78, 5) is 26.1. The van der Waals surface area contributed by atoms with Crippen LogP contribution in [0.4, 0.5) is 21.5 Å². The molecule has 0 amide bonds. The van der Waals surface area contributed by atoms with Gasteiger partial charge in [0.25, 0.3) is 11.4 Å². The molecule has 0 heterocycles. The van der Waals surface area contributed by atoms with Crippen molar-refractivity contribution in [3.63, 3.8) is 0 Å². The first-order chi connectivity index (χ1) is 13.3. The summed E-state index contributed by atoms with van der Waals surface area (Å²) >= 11 is 0. The Hall–Kier alpha value is -3.94. The molecular weight excluding hydrogens is 365 g/mol. The van der Waals surface area contributed by atoms with Crippen LogP contribution < -0.4 is 0 Å². The van der Waals surface area contributed by atoms with Gasteiger partial charge in [-0.15, -0.1) is 0 Å². The quantitative estimate of drug-likeness (QED) is 0.366. The van der Waals surface area contributed by atoms with E-state index in [1.807, 2.05) is 13.0 Å². The molecule has 1 aliphatic rings. The second-order valence-corrected chi connectivity index (χ2v) is 6.39. The number of nitro benzene ring substituents is 2. The molecule has 0 bridgehead atoms. The van der Waals surface area contributed by atoms with Gasteiger partial charge in [-0.25, -0.2) is 9.38 Å². The monoisotopic (exact) mass is 377 g/mol. The van der Waals surface area contributed by atoms with Gasteiger partial charge in [0.05, 0.1) is 32.9 Å². The Labute approximate surface area is 158 Å². The molecule has 1 aliphatic carbocycles. The summed E-state index contributed by atoms with van der Waals surface area (Å²) in [7, 11) is 0. The van der Waals surface area contributed by atoms with Gasteiger partial charge in [0.15, 0.2) is 0 Å². The summed E-state index contributed by atoms with van der Waals surface area (Å²) in [6.07, 6.45) is 0. The number of nitrogens with zero attached hydrogens (tertiary/aromatic N) is 3. The largest absolute Gasteiger partial charge is 0.284 e. The number of hydrogen-bond acceptors (Lipinski definition) is 5. The van der Waals surface area contributed by atoms with Crippen molar-refractivity contribution in [2.24, 2.45) is 4.99 Å². The number of non-ortho nitro benzene ring substituents is 1. The van der Waals surface area contributed by atoms with E-state index in [9.17, 15) is 24.6 Å². The molecule has 0 aromatic heterocycles. The first kappa shape index (κ1) is 17.5. The normalized spacial score (nSPS) is 13.3. The first-order valence-corrected chi connectivity index (χ1v) is 8.28. The topological polar surface area (TPSA) is 98.6 Å². The molecule has 0 atom stereocenters. The van der Waals surface area contributed by atoms with Crippen LogP contribution in [0.25, 0.3) is 11.1 Å². The van der Waals surface area contributed by atoms with Gasteiger partial charge >= 0.3 is 0 Å². The summed E-state index contributed by atoms with van der Waals surface area (Å²) in [5.41, 5.74) is 2.53. The van der Waals surface area contributed by atoms with Crippen molar-refractivity contribution in [2.75, 3.05) is 0 Å². The average Bonchev–Trinajstić information content (AvgIpc) is 2.94. The predicted molar refractivity (Wildman–Crippen MR) is 102 cm³/mol. The lowest BCUT2D eigenvalue weighted by Crippen LogP contribution is -2.01. The van der Waals surface area contributed by atoms with Crippen molar-refractivity contribution in [1.82, 2.24) is 0 Å². The molecular formula is C20H12FN3O4. The Kier molecular flexibility index (Phi) is 3.96. The van der Waals surface area contributed by atoms with Gasteiger partial charge in [0.2, 0.25) is 0 Å². The third-order valence-corrected chi connectivity index (χ3v) is 4.51. The lowest BCUT2D eigenvalue weighted by molar-refractivity contribution is -0.393. The van der Waals surface area contributed by atoms with Crippen molar-refractivity contribution < 1.29 is 14.2 Å². The van der Waals surface area contributed by atoms with Gasteiger partial charge in [0, 0.05) is 17.2 Å². The summed E-state index contributed by atoms with van der Waals surface area (Å²) in [6.45, 7) is 1.86. The van der Waals surface area contributed by atoms with Gasteiger partial charge in [-0.2, -0.15) is 0 Å². The van der Waals surface area contributed by atoms with E-state index in [0.29, 0.717) is 22.5 Å². The van der Waals surface area contributed by atoms with Gasteiger partial charge < -0.3 is 0 Å². The molecule has 8 heteroatoms. The van der Waals surface area contributed by atoms with Crippen molar-refractivity contribution in [1.29, 1.82) is 0 Å². The van der Waals surface area contributed by atoms with E-state index in [1.54, 1.807) is 18.2 Å². The van der Waals surface area contributed by atoms with E-state index in [4.69, 9.17) is 0 Å². The highest BCUT2D eigenvalue weighted by Crippen LogP contribution is 2.45. The molecule has 3 aromatic carbocycles. The van der Waals surface area contributed by atoms with Crippen LogP contribution in [0.5, 0.6) is 0 Å². The highest BCUT2D eigenvalue weighted by Gasteiger charge is 2.34. The van der Waals surface area contributed by atoms with E-state index in [2.05, 4.69) is 4.99 Å². The number of aryl methyl sites for hydroxylation is 1. The minimum absolute atomic E-state index is 0.278. The average molecular weight is 377 g/mol. The van der Waals surface area contributed by atoms with Crippen LogP contribution in [0.2, 0.25) is 0 Å². The Balaban J connectivity index is 2.08. The molecule has 7 nitrogen and oxygen atoms in total. The molecule has 0 radical (unpaired) electrons. The van der Waals surface area contributed by atoms with E-state index in [0.717, 1.165) is 11.6 Å². The fraction of sp³-hybridized carbons (Fsp3) is 0.0500. The van der Waals surface area contributed by atoms with E-state index < -0.39 is 21.4 Å². The van der Waals surface area contributed by atoms with Crippen LogP contribution in [0.3, 0.4) is 0 Å². The van der Waals surface area contributed by atoms with Crippen LogP contribution in [0, 0.1) is 33.0 Å². The van der Waals surface area contributed by atoms with Gasteiger partial charge in [-0.1, -0.05) is 23.8 Å². The van der Waals surface area contributed by atoms with E-state index >= 15 is 0 Å². The Morgan fingerprint density at radius 1 is 0.893 bits per heavy atom. The standard InChI is InChI=1S/C20H12FN3O4/c1-11-5-6-15-16(7-11)20(22-13-4-2-3-12(21)8-13)17-9-14(23(25)26)10-18(19(15)17)24(27)28/h2-10H,1H3. The number of fused-ring (bicyclic) bond motifs is 3. The van der Waals surface area contributed by atoms with Gasteiger partial charge in [0.1, 0.15) is 5.82 Å². The molecule has 0 saturated heterocycles. The van der Waals surface area contributed by atoms with E-state index in [1.165, 1.54) is 24.3 Å². The molecule has 0 spiro atoms. The van der Waals surface area contributed by atoms with Crippen LogP contribution in [-0.2, 0) is 0 Å². The van der Waals surface area contributed by atoms with Crippen LogP contribution in [0.15, 0.2) is 59.6 Å². The van der Waals surface area contributed by atoms with Crippen molar-refractivity contribution in [3.05, 3.63) is 97.3 Å². The van der Waals surface area contributed by atoms with Gasteiger partial charge in [-0.3, -0.25) is 20.2 Å². The summed E-state index contributed by atoms with van der Waals surface area (Å²) in [5, 5.41) is 22.9. The Morgan fingerprint density at radius 2 is 1.68 bits per heavy atom. The molecule has 0 unspecified atom stereocenters. The number of hydrogen-bond donors (Lipinski definition) is 0. The molecule has 0 N–H and O–H groups in total. The molecule has 0 aliphatic heterocycles. The fourth-order valence-electron chi connectivity index (χ4n) is 3.34. The minimum Gasteiger partial charge on any atom is -0.258 e. The zero-order chi connectivity index (χ0) is 20.0. The lowest BCUT2D eigenvalue weighted by atomic mass is 10.0. The smallest absolute Gasteiger partial charge is 0.258 e. The maximum Gasteiger partial charge on any atom is 0.284 e. The molecule has 0 fully saturated rings. The lowest BCUT2D eigenvalue weighted by Gasteiger charge is -2.04. The molecule has 4 rings (SSSR count). The SMILES string of the molecule is Cc1ccc2c(c1)C(=Nc1cccc(F)c1)c1cc([N+](=O)[O-])cc([N+](=O)[O-])c1-2. The first-order valence-electron chi connectivity index (χ1n) is 8.28. The molecule has 3 aromatic rings. The van der Waals surface area contributed by atoms with E-state index in [-0.39, 0.29) is 16.8 Å². The fourth-order valence-corrected chi connectivity index (χ4v) is 3.34. The summed E-state index contributed by atoms with van der Waals surface area (Å²) in [5.74, 6) is -0.477. The second-order valence-electron chi connectivity index (χ2n) is 6.39. The summed E-state index contributed by atoms with van der Waals surface area (Å²) < 4.78 is 13.6. The molecule has 28 heavy (non-hydrogen) atoms. The van der Waals surface area contributed by atoms with Crippen molar-refractivity contribution >= 4 is 22.8 Å². The molecule has 0 saturated carbocycles. The molecule has 138 valence electrons. The maximum absolute atomic E-state index is 13.6. The van der Waals surface area contributed by atoms with Crippen molar-refractivity contribution in [3.8, 4) is 11.1 Å². The number of benzene rings is 3.